The summed E-state index contributed by atoms with van der Waals surface area (Å²) in [5.41, 5.74) is 1.12. The molecule has 2 N–H and O–H groups in total. The molecule has 1 unspecified atom stereocenters. The maximum absolute atomic E-state index is 12.1. The van der Waals surface area contributed by atoms with Crippen LogP contribution in [0, 0.1) is 0 Å². The van der Waals surface area contributed by atoms with E-state index in [9.17, 15) is 4.79 Å². The van der Waals surface area contributed by atoms with Gasteiger partial charge in [-0.25, -0.2) is 4.98 Å². The van der Waals surface area contributed by atoms with Crippen LogP contribution in [-0.2, 0) is 9.53 Å². The third-order valence-electron chi connectivity index (χ3n) is 4.80. The fourth-order valence-corrected chi connectivity index (χ4v) is 3.23. The number of nitrogens with zero attached hydrogens (tertiary/aromatic N) is 3. The number of nitrogens with one attached hydrogen (secondary N) is 2. The minimum absolute atomic E-state index is 0. The number of rotatable bonds is 4. The van der Waals surface area contributed by atoms with Crippen molar-refractivity contribution in [3.05, 3.63) is 18.3 Å². The number of hydrogen-bond acceptors (Lipinski definition) is 6. The van der Waals surface area contributed by atoms with Gasteiger partial charge in [-0.15, -0.1) is 37.2 Å². The number of hydrogen-bond donors (Lipinski definition) is 2. The fourth-order valence-electron chi connectivity index (χ4n) is 3.23. The van der Waals surface area contributed by atoms with Crippen molar-refractivity contribution in [2.75, 3.05) is 57.2 Å². The van der Waals surface area contributed by atoms with Crippen molar-refractivity contribution in [2.45, 2.75) is 24.9 Å². The third kappa shape index (κ3) is 7.25. The Bertz CT molecular complexity index is 548. The highest BCUT2D eigenvalue weighted by Gasteiger charge is 2.22. The number of aromatic nitrogens is 1. The second-order valence-corrected chi connectivity index (χ2v) is 6.65. The van der Waals surface area contributed by atoms with Gasteiger partial charge in [-0.05, 0) is 39.1 Å². The summed E-state index contributed by atoms with van der Waals surface area (Å²) in [6, 6.07) is 4.27. The van der Waals surface area contributed by atoms with E-state index in [1.165, 1.54) is 12.8 Å². The number of amides is 1. The molecular weight excluding hydrogens is 413 g/mol. The first-order valence-electron chi connectivity index (χ1n) is 8.63. The molecule has 156 valence electrons. The largest absolute Gasteiger partial charge is 0.378 e. The van der Waals surface area contributed by atoms with Gasteiger partial charge in [0, 0.05) is 25.7 Å². The molecule has 1 amide bonds. The predicted molar refractivity (Wildman–Crippen MR) is 116 cm³/mol. The topological polar surface area (TPSA) is 69.7 Å². The molecule has 0 radical (unpaired) electrons. The van der Waals surface area contributed by atoms with E-state index in [1.54, 1.807) is 0 Å². The normalized spacial score (nSPS) is 20.1. The number of carbonyl (C=O) groups excluding carboxylic acids is 1. The second-order valence-electron chi connectivity index (χ2n) is 6.65. The van der Waals surface area contributed by atoms with Gasteiger partial charge in [0.25, 0.3) is 0 Å². The average Bonchev–Trinajstić information content (AvgIpc) is 2.63. The number of ether oxygens (including phenoxy) is 1. The Balaban J connectivity index is 0.00000225. The molecule has 1 aromatic rings. The van der Waals surface area contributed by atoms with Crippen LogP contribution in [0.2, 0.25) is 0 Å². The van der Waals surface area contributed by atoms with Crippen molar-refractivity contribution in [3.63, 3.8) is 0 Å². The summed E-state index contributed by atoms with van der Waals surface area (Å²) in [7, 11) is 4.29. The molecule has 0 aromatic carbocycles. The van der Waals surface area contributed by atoms with E-state index >= 15 is 0 Å². The number of anilines is 2. The van der Waals surface area contributed by atoms with E-state index in [4.69, 9.17) is 4.74 Å². The van der Waals surface area contributed by atoms with E-state index in [0.29, 0.717) is 31.6 Å². The Labute approximate surface area is 179 Å². The van der Waals surface area contributed by atoms with Gasteiger partial charge in [-0.1, -0.05) is 0 Å². The number of carbonyl (C=O) groups is 1. The van der Waals surface area contributed by atoms with Gasteiger partial charge in [0.2, 0.25) is 5.91 Å². The summed E-state index contributed by atoms with van der Waals surface area (Å²) >= 11 is 0. The summed E-state index contributed by atoms with van der Waals surface area (Å²) in [6.45, 7) is 3.85. The third-order valence-corrected chi connectivity index (χ3v) is 4.80. The highest BCUT2D eigenvalue weighted by atomic mass is 35.5. The Kier molecular flexibility index (Phi) is 12.2. The summed E-state index contributed by atoms with van der Waals surface area (Å²) in [5.74, 6) is 0.487. The minimum atomic E-state index is -0.301. The molecule has 3 heterocycles. The molecule has 1 atom stereocenters. The van der Waals surface area contributed by atoms with E-state index in [1.807, 2.05) is 18.3 Å². The lowest BCUT2D eigenvalue weighted by Gasteiger charge is -2.36. The van der Waals surface area contributed by atoms with Crippen LogP contribution in [0.5, 0.6) is 0 Å². The van der Waals surface area contributed by atoms with E-state index < -0.39 is 0 Å². The van der Waals surface area contributed by atoms with Gasteiger partial charge in [0.05, 0.1) is 25.1 Å². The SMILES string of the molecule is CN(C)C1CCN(c2ccc(NC(=O)C3COCCN3)nc2)CC1.Cl.Cl.Cl. The lowest BCUT2D eigenvalue weighted by molar-refractivity contribution is -0.120. The van der Waals surface area contributed by atoms with Crippen LogP contribution < -0.4 is 15.5 Å². The van der Waals surface area contributed by atoms with Crippen LogP contribution in [0.3, 0.4) is 0 Å². The number of halogens is 3. The lowest BCUT2D eigenvalue weighted by Crippen LogP contribution is -2.48. The molecule has 0 bridgehead atoms. The van der Waals surface area contributed by atoms with Crippen molar-refractivity contribution in [1.29, 1.82) is 0 Å². The highest BCUT2D eigenvalue weighted by molar-refractivity contribution is 5.94. The van der Waals surface area contributed by atoms with Gasteiger partial charge in [0.1, 0.15) is 11.9 Å². The molecule has 2 fully saturated rings. The number of morpholine rings is 1. The van der Waals surface area contributed by atoms with Crippen molar-refractivity contribution >= 4 is 54.6 Å². The summed E-state index contributed by atoms with van der Waals surface area (Å²) in [5, 5.41) is 5.98. The van der Waals surface area contributed by atoms with Crippen LogP contribution in [0.4, 0.5) is 11.5 Å². The monoisotopic (exact) mass is 441 g/mol. The van der Waals surface area contributed by atoms with Crippen LogP contribution in [0.15, 0.2) is 18.3 Å². The zero-order valence-electron chi connectivity index (χ0n) is 15.7. The lowest BCUT2D eigenvalue weighted by atomic mass is 10.0. The molecular formula is C17H30Cl3N5O2. The van der Waals surface area contributed by atoms with Crippen molar-refractivity contribution in [3.8, 4) is 0 Å². The Hall–Kier alpha value is -0.830. The quantitative estimate of drug-likeness (QED) is 0.741. The van der Waals surface area contributed by atoms with Crippen LogP contribution in [0.1, 0.15) is 12.8 Å². The average molecular weight is 443 g/mol. The Morgan fingerprint density at radius 2 is 1.96 bits per heavy atom. The van der Waals surface area contributed by atoms with Gasteiger partial charge >= 0.3 is 0 Å². The van der Waals surface area contributed by atoms with Crippen LogP contribution in [-0.4, -0.2) is 74.8 Å². The van der Waals surface area contributed by atoms with Gasteiger partial charge < -0.3 is 25.2 Å². The smallest absolute Gasteiger partial charge is 0.245 e. The summed E-state index contributed by atoms with van der Waals surface area (Å²) in [4.78, 5) is 21.2. The fraction of sp³-hybridized carbons (Fsp3) is 0.647. The first-order valence-corrected chi connectivity index (χ1v) is 8.63. The van der Waals surface area contributed by atoms with Crippen LogP contribution in [0.25, 0.3) is 0 Å². The summed E-state index contributed by atoms with van der Waals surface area (Å²) in [6.07, 6.45) is 4.17. The maximum Gasteiger partial charge on any atom is 0.245 e. The van der Waals surface area contributed by atoms with Crippen molar-refractivity contribution < 1.29 is 9.53 Å². The predicted octanol–water partition coefficient (Wildman–Crippen LogP) is 1.80. The molecule has 2 aliphatic rings. The summed E-state index contributed by atoms with van der Waals surface area (Å²) < 4.78 is 5.31. The molecule has 1 aromatic heterocycles. The molecule has 0 spiro atoms. The maximum atomic E-state index is 12.1. The van der Waals surface area contributed by atoms with Gasteiger partial charge in [-0.2, -0.15) is 0 Å². The van der Waals surface area contributed by atoms with Gasteiger partial charge in [-0.3, -0.25) is 4.79 Å². The molecule has 27 heavy (non-hydrogen) atoms. The van der Waals surface area contributed by atoms with E-state index in [2.05, 4.69) is 39.5 Å². The van der Waals surface area contributed by atoms with E-state index in [0.717, 1.165) is 18.8 Å². The minimum Gasteiger partial charge on any atom is -0.378 e. The standard InChI is InChI=1S/C17H27N5O2.3ClH/c1-21(2)13-5-8-22(9-6-13)14-3-4-16(19-11-14)20-17(23)15-12-24-10-7-18-15;;;/h3-4,11,13,15,18H,5-10,12H2,1-2H3,(H,19,20,23);3*1H. The van der Waals surface area contributed by atoms with Crippen molar-refractivity contribution in [1.82, 2.24) is 15.2 Å². The molecule has 0 aliphatic carbocycles. The first-order chi connectivity index (χ1) is 11.6. The van der Waals surface area contributed by atoms with Gasteiger partial charge in [0.15, 0.2) is 0 Å². The Morgan fingerprint density at radius 1 is 1.26 bits per heavy atom. The molecule has 10 heteroatoms. The number of piperidine rings is 1. The highest BCUT2D eigenvalue weighted by Crippen LogP contribution is 2.22. The second kappa shape index (κ2) is 12.6. The number of pyridine rings is 1. The zero-order chi connectivity index (χ0) is 16.9. The molecule has 2 saturated heterocycles. The molecule has 0 saturated carbocycles. The van der Waals surface area contributed by atoms with Crippen LogP contribution >= 0.6 is 37.2 Å². The molecule has 2 aliphatic heterocycles. The first kappa shape index (κ1) is 26.2. The van der Waals surface area contributed by atoms with E-state index in [-0.39, 0.29) is 49.2 Å². The Morgan fingerprint density at radius 3 is 2.48 bits per heavy atom. The molecule has 7 nitrogen and oxygen atoms in total. The molecule has 3 rings (SSSR count). The van der Waals surface area contributed by atoms with Crippen molar-refractivity contribution in [2.24, 2.45) is 0 Å². The zero-order valence-corrected chi connectivity index (χ0v) is 18.2.